The maximum absolute atomic E-state index is 13.4. The number of aliphatic hydroxyl groups is 1. The Morgan fingerprint density at radius 3 is 2.74 bits per heavy atom. The lowest BCUT2D eigenvalue weighted by molar-refractivity contribution is 0.165. The van der Waals surface area contributed by atoms with Gasteiger partial charge in [-0.2, -0.15) is 0 Å². The van der Waals surface area contributed by atoms with Crippen molar-refractivity contribution in [3.63, 3.8) is 0 Å². The molecule has 1 aromatic carbocycles. The number of hydrogen-bond acceptors (Lipinski definition) is 3. The van der Waals surface area contributed by atoms with Gasteiger partial charge in [0, 0.05) is 10.4 Å². The first-order chi connectivity index (χ1) is 9.11. The van der Waals surface area contributed by atoms with Crippen molar-refractivity contribution in [2.75, 3.05) is 18.9 Å². The largest absolute Gasteiger partial charge is 0.394 e. The second-order valence-corrected chi connectivity index (χ2v) is 6.16. The average molecular weight is 285 g/mol. The summed E-state index contributed by atoms with van der Waals surface area (Å²) in [6.07, 6.45) is 2.90. The minimum atomic E-state index is -0.216. The van der Waals surface area contributed by atoms with Crippen molar-refractivity contribution < 1.29 is 9.50 Å². The number of benzene rings is 1. The summed E-state index contributed by atoms with van der Waals surface area (Å²) in [7, 11) is 0. The molecule has 19 heavy (non-hydrogen) atoms. The molecule has 0 aliphatic rings. The van der Waals surface area contributed by atoms with Gasteiger partial charge in [0.2, 0.25) is 0 Å². The van der Waals surface area contributed by atoms with Crippen LogP contribution in [-0.4, -0.2) is 29.5 Å². The second kappa shape index (κ2) is 8.56. The van der Waals surface area contributed by atoms with Gasteiger partial charge >= 0.3 is 0 Å². The van der Waals surface area contributed by atoms with Crippen molar-refractivity contribution in [3.8, 4) is 0 Å². The van der Waals surface area contributed by atoms with E-state index in [9.17, 15) is 9.50 Å². The fraction of sp³-hybridized carbons (Fsp3) is 0.600. The third-order valence-corrected chi connectivity index (χ3v) is 4.25. The molecular weight excluding hydrogens is 261 g/mol. The normalized spacial score (nSPS) is 14.3. The molecule has 0 bridgehead atoms. The number of aliphatic hydroxyl groups excluding tert-OH is 1. The SMILES string of the molecule is CCCNC(C)(CO)CCCSc1ccccc1F. The van der Waals surface area contributed by atoms with E-state index >= 15 is 0 Å². The van der Waals surface area contributed by atoms with Gasteiger partial charge < -0.3 is 10.4 Å². The molecule has 4 heteroatoms. The topological polar surface area (TPSA) is 32.3 Å². The third-order valence-electron chi connectivity index (χ3n) is 3.12. The average Bonchev–Trinajstić information content (AvgIpc) is 2.43. The number of rotatable bonds is 9. The summed E-state index contributed by atoms with van der Waals surface area (Å²) < 4.78 is 13.4. The summed E-state index contributed by atoms with van der Waals surface area (Å²) in [5, 5.41) is 12.8. The summed E-state index contributed by atoms with van der Waals surface area (Å²) in [6, 6.07) is 6.85. The van der Waals surface area contributed by atoms with E-state index in [4.69, 9.17) is 0 Å². The number of thioether (sulfide) groups is 1. The molecule has 0 fully saturated rings. The van der Waals surface area contributed by atoms with Crippen molar-refractivity contribution in [1.29, 1.82) is 0 Å². The van der Waals surface area contributed by atoms with E-state index < -0.39 is 0 Å². The Kier molecular flexibility index (Phi) is 7.42. The van der Waals surface area contributed by atoms with Crippen LogP contribution >= 0.6 is 11.8 Å². The molecule has 1 unspecified atom stereocenters. The Hall–Kier alpha value is -0.580. The van der Waals surface area contributed by atoms with Crippen LogP contribution in [0, 0.1) is 5.82 Å². The summed E-state index contributed by atoms with van der Waals surface area (Å²) in [5.74, 6) is 0.714. The molecule has 0 saturated heterocycles. The van der Waals surface area contributed by atoms with Crippen molar-refractivity contribution >= 4 is 11.8 Å². The van der Waals surface area contributed by atoms with Crippen molar-refractivity contribution in [1.82, 2.24) is 5.32 Å². The van der Waals surface area contributed by atoms with Crippen LogP contribution in [0.2, 0.25) is 0 Å². The third kappa shape index (κ3) is 5.93. The van der Waals surface area contributed by atoms with Gasteiger partial charge in [0.1, 0.15) is 5.82 Å². The fourth-order valence-electron chi connectivity index (χ4n) is 1.86. The van der Waals surface area contributed by atoms with Crippen LogP contribution in [0.5, 0.6) is 0 Å². The first kappa shape index (κ1) is 16.5. The summed E-state index contributed by atoms with van der Waals surface area (Å²) >= 11 is 1.54. The van der Waals surface area contributed by atoms with Crippen molar-refractivity contribution in [2.24, 2.45) is 0 Å². The van der Waals surface area contributed by atoms with Crippen LogP contribution in [0.25, 0.3) is 0 Å². The highest BCUT2D eigenvalue weighted by Gasteiger charge is 2.21. The Bertz CT molecular complexity index is 375. The molecule has 0 saturated carbocycles. The lowest BCUT2D eigenvalue weighted by Crippen LogP contribution is -2.46. The van der Waals surface area contributed by atoms with Gasteiger partial charge in [-0.3, -0.25) is 0 Å². The Balaban J connectivity index is 2.31. The van der Waals surface area contributed by atoms with Crippen LogP contribution in [0.3, 0.4) is 0 Å². The van der Waals surface area contributed by atoms with Crippen LogP contribution in [0.4, 0.5) is 4.39 Å². The maximum atomic E-state index is 13.4. The van der Waals surface area contributed by atoms with E-state index in [0.29, 0.717) is 4.90 Å². The summed E-state index contributed by atoms with van der Waals surface area (Å²) in [5.41, 5.74) is -0.216. The molecule has 0 aliphatic heterocycles. The molecule has 1 aromatic rings. The highest BCUT2D eigenvalue weighted by molar-refractivity contribution is 7.99. The Morgan fingerprint density at radius 1 is 1.37 bits per heavy atom. The van der Waals surface area contributed by atoms with Gasteiger partial charge in [0.05, 0.1) is 6.61 Å². The Labute approximate surface area is 119 Å². The molecule has 108 valence electrons. The molecule has 1 rings (SSSR count). The molecule has 0 heterocycles. The Morgan fingerprint density at radius 2 is 2.11 bits per heavy atom. The van der Waals surface area contributed by atoms with Crippen molar-refractivity contribution in [2.45, 2.75) is 43.5 Å². The molecule has 0 aromatic heterocycles. The van der Waals surface area contributed by atoms with Gasteiger partial charge in [0.15, 0.2) is 0 Å². The minimum absolute atomic E-state index is 0.136. The minimum Gasteiger partial charge on any atom is -0.394 e. The first-order valence-corrected chi connectivity index (χ1v) is 7.83. The number of nitrogens with one attached hydrogen (secondary N) is 1. The second-order valence-electron chi connectivity index (χ2n) is 5.03. The zero-order valence-corrected chi connectivity index (χ0v) is 12.6. The van der Waals surface area contributed by atoms with E-state index in [1.807, 2.05) is 13.0 Å². The van der Waals surface area contributed by atoms with Crippen LogP contribution in [0.15, 0.2) is 29.2 Å². The predicted octanol–water partition coefficient (Wildman–Crippen LogP) is 3.45. The van der Waals surface area contributed by atoms with Gasteiger partial charge in [-0.05, 0) is 50.6 Å². The van der Waals surface area contributed by atoms with E-state index in [0.717, 1.165) is 31.6 Å². The number of halogens is 1. The van der Waals surface area contributed by atoms with Crippen LogP contribution in [0.1, 0.15) is 33.1 Å². The molecule has 1 atom stereocenters. The molecular formula is C15H24FNOS. The lowest BCUT2D eigenvalue weighted by Gasteiger charge is -2.28. The summed E-state index contributed by atoms with van der Waals surface area (Å²) in [4.78, 5) is 0.703. The van der Waals surface area contributed by atoms with Gasteiger partial charge in [-0.25, -0.2) is 4.39 Å². The maximum Gasteiger partial charge on any atom is 0.136 e. The standard InChI is InChI=1S/C15H24FNOS/c1-3-10-17-15(2,12-18)9-6-11-19-14-8-5-4-7-13(14)16/h4-5,7-8,17-18H,3,6,9-12H2,1-2H3. The number of hydrogen-bond donors (Lipinski definition) is 2. The summed E-state index contributed by atoms with van der Waals surface area (Å²) in [6.45, 7) is 5.20. The predicted molar refractivity (Wildman–Crippen MR) is 80.1 cm³/mol. The highest BCUT2D eigenvalue weighted by atomic mass is 32.2. The highest BCUT2D eigenvalue weighted by Crippen LogP contribution is 2.23. The van der Waals surface area contributed by atoms with E-state index in [1.54, 1.807) is 12.1 Å². The van der Waals surface area contributed by atoms with Crippen LogP contribution < -0.4 is 5.32 Å². The molecule has 2 N–H and O–H groups in total. The zero-order valence-electron chi connectivity index (χ0n) is 11.8. The van der Waals surface area contributed by atoms with Gasteiger partial charge in [0.25, 0.3) is 0 Å². The quantitative estimate of drug-likeness (QED) is 0.538. The lowest BCUT2D eigenvalue weighted by atomic mass is 9.97. The van der Waals surface area contributed by atoms with Gasteiger partial charge in [-0.15, -0.1) is 11.8 Å². The van der Waals surface area contributed by atoms with E-state index in [-0.39, 0.29) is 18.0 Å². The van der Waals surface area contributed by atoms with Gasteiger partial charge in [-0.1, -0.05) is 19.1 Å². The van der Waals surface area contributed by atoms with Crippen molar-refractivity contribution in [3.05, 3.63) is 30.1 Å². The monoisotopic (exact) mass is 285 g/mol. The first-order valence-electron chi connectivity index (χ1n) is 6.84. The molecule has 0 amide bonds. The van der Waals surface area contributed by atoms with E-state index in [2.05, 4.69) is 12.2 Å². The fourth-order valence-corrected chi connectivity index (χ4v) is 2.75. The van der Waals surface area contributed by atoms with E-state index in [1.165, 1.54) is 17.8 Å². The molecule has 2 nitrogen and oxygen atoms in total. The molecule has 0 radical (unpaired) electrons. The molecule has 0 spiro atoms. The zero-order chi connectivity index (χ0) is 14.1. The van der Waals surface area contributed by atoms with Crippen LogP contribution in [-0.2, 0) is 0 Å². The smallest absolute Gasteiger partial charge is 0.136 e. The molecule has 0 aliphatic carbocycles.